The zero-order valence-electron chi connectivity index (χ0n) is 9.42. The number of nitrogens with one attached hydrogen (secondary N) is 1. The van der Waals surface area contributed by atoms with Crippen molar-refractivity contribution in [2.24, 2.45) is 5.41 Å². The van der Waals surface area contributed by atoms with Crippen molar-refractivity contribution < 1.29 is 4.52 Å². The largest absolute Gasteiger partial charge is 0.339 e. The minimum atomic E-state index is 0.201. The molecule has 1 heterocycles. The van der Waals surface area contributed by atoms with E-state index in [1.807, 2.05) is 7.05 Å². The quantitative estimate of drug-likeness (QED) is 0.793. The molecule has 0 unspecified atom stereocenters. The lowest BCUT2D eigenvalue weighted by molar-refractivity contribution is 0.312. The molecule has 0 aliphatic rings. The van der Waals surface area contributed by atoms with E-state index in [-0.39, 0.29) is 5.41 Å². The molecule has 14 heavy (non-hydrogen) atoms. The van der Waals surface area contributed by atoms with Crippen LogP contribution >= 0.6 is 0 Å². The molecule has 0 spiro atoms. The van der Waals surface area contributed by atoms with Crippen molar-refractivity contribution in [3.63, 3.8) is 0 Å². The molecule has 80 valence electrons. The van der Waals surface area contributed by atoms with Gasteiger partial charge in [0.25, 0.3) is 0 Å². The van der Waals surface area contributed by atoms with Gasteiger partial charge in [-0.3, -0.25) is 0 Å². The molecule has 0 saturated carbocycles. The van der Waals surface area contributed by atoms with Gasteiger partial charge in [0, 0.05) is 19.4 Å². The van der Waals surface area contributed by atoms with Gasteiger partial charge in [-0.2, -0.15) is 4.98 Å². The van der Waals surface area contributed by atoms with Gasteiger partial charge in [-0.15, -0.1) is 0 Å². The minimum Gasteiger partial charge on any atom is -0.339 e. The molecule has 4 nitrogen and oxygen atoms in total. The monoisotopic (exact) mass is 197 g/mol. The Balaban J connectivity index is 2.51. The van der Waals surface area contributed by atoms with Crippen LogP contribution in [0.4, 0.5) is 0 Å². The molecule has 0 atom stereocenters. The summed E-state index contributed by atoms with van der Waals surface area (Å²) < 4.78 is 5.15. The van der Waals surface area contributed by atoms with Crippen LogP contribution in [-0.2, 0) is 12.8 Å². The number of likely N-dealkylation sites (N-methyl/N-ethyl adjacent to an activating group) is 1. The van der Waals surface area contributed by atoms with Crippen molar-refractivity contribution in [1.29, 1.82) is 0 Å². The van der Waals surface area contributed by atoms with Crippen molar-refractivity contribution in [1.82, 2.24) is 15.5 Å². The Bertz CT molecular complexity index is 275. The summed E-state index contributed by atoms with van der Waals surface area (Å²) in [6, 6.07) is 0. The Morgan fingerprint density at radius 3 is 2.64 bits per heavy atom. The van der Waals surface area contributed by atoms with E-state index in [1.165, 1.54) is 0 Å². The highest BCUT2D eigenvalue weighted by Crippen LogP contribution is 2.19. The van der Waals surface area contributed by atoms with Gasteiger partial charge in [0.2, 0.25) is 5.89 Å². The summed E-state index contributed by atoms with van der Waals surface area (Å²) in [6.45, 7) is 7.36. The van der Waals surface area contributed by atoms with Gasteiger partial charge < -0.3 is 9.84 Å². The summed E-state index contributed by atoms with van der Waals surface area (Å²) in [4.78, 5) is 4.32. The SMILES string of the molecule is CNCCc1noc(CC(C)(C)C)n1. The minimum absolute atomic E-state index is 0.201. The Morgan fingerprint density at radius 2 is 2.07 bits per heavy atom. The van der Waals surface area contributed by atoms with E-state index >= 15 is 0 Å². The third-order valence-corrected chi connectivity index (χ3v) is 1.79. The van der Waals surface area contributed by atoms with Crippen LogP contribution in [0.1, 0.15) is 32.5 Å². The molecule has 1 aromatic heterocycles. The second kappa shape index (κ2) is 4.55. The summed E-state index contributed by atoms with van der Waals surface area (Å²) in [5.74, 6) is 1.53. The lowest BCUT2D eigenvalue weighted by Gasteiger charge is -2.13. The lowest BCUT2D eigenvalue weighted by Crippen LogP contribution is -2.12. The van der Waals surface area contributed by atoms with E-state index in [0.717, 1.165) is 31.1 Å². The molecular weight excluding hydrogens is 178 g/mol. The first-order chi connectivity index (χ1) is 6.51. The maximum Gasteiger partial charge on any atom is 0.227 e. The molecule has 0 aliphatic heterocycles. The van der Waals surface area contributed by atoms with Gasteiger partial charge in [0.1, 0.15) is 0 Å². The highest BCUT2D eigenvalue weighted by Gasteiger charge is 2.16. The smallest absolute Gasteiger partial charge is 0.227 e. The first-order valence-corrected chi connectivity index (χ1v) is 4.97. The van der Waals surface area contributed by atoms with Crippen molar-refractivity contribution in [2.75, 3.05) is 13.6 Å². The summed E-state index contributed by atoms with van der Waals surface area (Å²) in [6.07, 6.45) is 1.66. The van der Waals surface area contributed by atoms with Crippen LogP contribution in [0.2, 0.25) is 0 Å². The number of rotatable bonds is 4. The number of nitrogens with zero attached hydrogens (tertiary/aromatic N) is 2. The van der Waals surface area contributed by atoms with Gasteiger partial charge in [0.05, 0.1) is 0 Å². The average Bonchev–Trinajstić information content (AvgIpc) is 2.46. The van der Waals surface area contributed by atoms with Crippen molar-refractivity contribution >= 4 is 0 Å². The molecule has 4 heteroatoms. The molecule has 0 saturated heterocycles. The fraction of sp³-hybridized carbons (Fsp3) is 0.800. The predicted octanol–water partition coefficient (Wildman–Crippen LogP) is 1.42. The van der Waals surface area contributed by atoms with E-state index in [2.05, 4.69) is 36.2 Å². The van der Waals surface area contributed by atoms with E-state index in [9.17, 15) is 0 Å². The molecule has 0 aromatic carbocycles. The van der Waals surface area contributed by atoms with Gasteiger partial charge in [-0.25, -0.2) is 0 Å². The van der Waals surface area contributed by atoms with E-state index in [1.54, 1.807) is 0 Å². The van der Waals surface area contributed by atoms with Crippen LogP contribution in [0.25, 0.3) is 0 Å². The third kappa shape index (κ3) is 3.87. The summed E-state index contributed by atoms with van der Waals surface area (Å²) in [5.41, 5.74) is 0.201. The molecular formula is C10H19N3O. The Kier molecular flexibility index (Phi) is 3.63. The second-order valence-electron chi connectivity index (χ2n) is 4.70. The molecule has 0 radical (unpaired) electrons. The molecule has 0 bridgehead atoms. The normalized spacial score (nSPS) is 12.0. The first kappa shape index (κ1) is 11.2. The maximum atomic E-state index is 5.15. The second-order valence-corrected chi connectivity index (χ2v) is 4.70. The van der Waals surface area contributed by atoms with Crippen LogP contribution in [0.15, 0.2) is 4.52 Å². The molecule has 0 fully saturated rings. The van der Waals surface area contributed by atoms with Crippen molar-refractivity contribution in [3.05, 3.63) is 11.7 Å². The van der Waals surface area contributed by atoms with Crippen LogP contribution in [0.3, 0.4) is 0 Å². The van der Waals surface area contributed by atoms with Crippen LogP contribution in [0.5, 0.6) is 0 Å². The zero-order chi connectivity index (χ0) is 10.6. The first-order valence-electron chi connectivity index (χ1n) is 4.97. The maximum absolute atomic E-state index is 5.15. The standard InChI is InChI=1S/C10H19N3O/c1-10(2,3)7-9-12-8(13-14-9)5-6-11-4/h11H,5-7H2,1-4H3. The Labute approximate surface area is 85.1 Å². The molecule has 0 amide bonds. The highest BCUT2D eigenvalue weighted by atomic mass is 16.5. The summed E-state index contributed by atoms with van der Waals surface area (Å²) >= 11 is 0. The van der Waals surface area contributed by atoms with Gasteiger partial charge in [-0.05, 0) is 12.5 Å². The van der Waals surface area contributed by atoms with Crippen molar-refractivity contribution in [2.45, 2.75) is 33.6 Å². The average molecular weight is 197 g/mol. The fourth-order valence-corrected chi connectivity index (χ4v) is 1.15. The number of aromatic nitrogens is 2. The number of hydrogen-bond donors (Lipinski definition) is 1. The Hall–Kier alpha value is -0.900. The van der Waals surface area contributed by atoms with Crippen LogP contribution < -0.4 is 5.32 Å². The predicted molar refractivity (Wildman–Crippen MR) is 55.1 cm³/mol. The van der Waals surface area contributed by atoms with Gasteiger partial charge >= 0.3 is 0 Å². The van der Waals surface area contributed by atoms with E-state index < -0.39 is 0 Å². The zero-order valence-corrected chi connectivity index (χ0v) is 9.42. The van der Waals surface area contributed by atoms with Crippen LogP contribution in [0, 0.1) is 5.41 Å². The molecule has 1 rings (SSSR count). The van der Waals surface area contributed by atoms with E-state index in [4.69, 9.17) is 4.52 Å². The molecule has 1 aromatic rings. The highest BCUT2D eigenvalue weighted by molar-refractivity contribution is 4.89. The Morgan fingerprint density at radius 1 is 1.36 bits per heavy atom. The molecule has 1 N–H and O–H groups in total. The summed E-state index contributed by atoms with van der Waals surface area (Å²) in [5, 5.41) is 6.96. The topological polar surface area (TPSA) is 51.0 Å². The lowest BCUT2D eigenvalue weighted by atomic mass is 9.92. The van der Waals surface area contributed by atoms with Gasteiger partial charge in [-0.1, -0.05) is 25.9 Å². The van der Waals surface area contributed by atoms with E-state index in [0.29, 0.717) is 0 Å². The number of hydrogen-bond acceptors (Lipinski definition) is 4. The third-order valence-electron chi connectivity index (χ3n) is 1.79. The fourth-order valence-electron chi connectivity index (χ4n) is 1.15. The van der Waals surface area contributed by atoms with Crippen LogP contribution in [-0.4, -0.2) is 23.7 Å². The van der Waals surface area contributed by atoms with Gasteiger partial charge in [0.15, 0.2) is 5.82 Å². The molecule has 0 aliphatic carbocycles. The summed E-state index contributed by atoms with van der Waals surface area (Å²) in [7, 11) is 1.91. The van der Waals surface area contributed by atoms with Crippen molar-refractivity contribution in [3.8, 4) is 0 Å².